The zero-order valence-electron chi connectivity index (χ0n) is 18.2. The van der Waals surface area contributed by atoms with Crippen LogP contribution in [0.15, 0.2) is 84.2 Å². The lowest BCUT2D eigenvalue weighted by Crippen LogP contribution is -2.29. The Hall–Kier alpha value is -4.30. The fourth-order valence-corrected chi connectivity index (χ4v) is 4.15. The van der Waals surface area contributed by atoms with E-state index in [9.17, 15) is 9.59 Å². The van der Waals surface area contributed by atoms with Crippen LogP contribution < -0.4 is 5.32 Å². The van der Waals surface area contributed by atoms with Crippen LogP contribution in [0.25, 0.3) is 33.7 Å². The quantitative estimate of drug-likeness (QED) is 0.319. The highest BCUT2D eigenvalue weighted by atomic mass is 32.1. The second kappa shape index (κ2) is 9.29. The Morgan fingerprint density at radius 1 is 0.941 bits per heavy atom. The van der Waals surface area contributed by atoms with Crippen molar-refractivity contribution in [1.29, 1.82) is 0 Å². The molecule has 34 heavy (non-hydrogen) atoms. The smallest absolute Gasteiger partial charge is 0.338 e. The Morgan fingerprint density at radius 2 is 1.65 bits per heavy atom. The summed E-state index contributed by atoms with van der Waals surface area (Å²) in [6, 6.07) is 24.5. The molecule has 2 aromatic heterocycles. The van der Waals surface area contributed by atoms with E-state index in [1.54, 1.807) is 18.2 Å². The molecule has 2 N–H and O–H groups in total. The number of hydrogen-bond donors (Lipinski definition) is 2. The van der Waals surface area contributed by atoms with Crippen molar-refractivity contribution in [2.45, 2.75) is 13.0 Å². The summed E-state index contributed by atoms with van der Waals surface area (Å²) in [7, 11) is 0. The molecule has 168 valence electrons. The third kappa shape index (κ3) is 4.57. The SMILES string of the molecule is CC(OC(=O)c1ccc2nc(-c3ccccc3)[nH]c2c1)C(=O)Nc1nc(-c2ccccc2)cs1. The van der Waals surface area contributed by atoms with Gasteiger partial charge in [0, 0.05) is 16.5 Å². The normalized spacial score (nSPS) is 11.8. The van der Waals surface area contributed by atoms with Gasteiger partial charge in [-0.2, -0.15) is 0 Å². The molecule has 0 spiro atoms. The maximum atomic E-state index is 12.7. The minimum atomic E-state index is -0.992. The number of amides is 1. The minimum Gasteiger partial charge on any atom is -0.449 e. The summed E-state index contributed by atoms with van der Waals surface area (Å²) in [5, 5.41) is 5.02. The second-order valence-corrected chi connectivity index (χ2v) is 8.48. The summed E-state index contributed by atoms with van der Waals surface area (Å²) in [6.07, 6.45) is -0.992. The molecule has 7 nitrogen and oxygen atoms in total. The van der Waals surface area contributed by atoms with Gasteiger partial charge >= 0.3 is 5.97 Å². The number of aromatic amines is 1. The standard InChI is InChI=1S/C26H20N4O3S/c1-16(24(31)30-26-29-22(15-34-26)17-8-4-2-5-9-17)33-25(32)19-12-13-20-21(14-19)28-23(27-20)18-10-6-3-7-11-18/h2-16H,1H3,(H,27,28)(H,29,30,31). The highest BCUT2D eigenvalue weighted by Crippen LogP contribution is 2.25. The van der Waals surface area contributed by atoms with Gasteiger partial charge in [-0.3, -0.25) is 10.1 Å². The molecule has 3 aromatic carbocycles. The molecule has 1 atom stereocenters. The topological polar surface area (TPSA) is 97.0 Å². The molecule has 0 aliphatic heterocycles. The van der Waals surface area contributed by atoms with E-state index in [-0.39, 0.29) is 0 Å². The highest BCUT2D eigenvalue weighted by molar-refractivity contribution is 7.14. The summed E-state index contributed by atoms with van der Waals surface area (Å²) in [5.74, 6) is -0.326. The van der Waals surface area contributed by atoms with Crippen LogP contribution in [-0.2, 0) is 9.53 Å². The van der Waals surface area contributed by atoms with E-state index in [0.717, 1.165) is 22.3 Å². The highest BCUT2D eigenvalue weighted by Gasteiger charge is 2.21. The van der Waals surface area contributed by atoms with Crippen LogP contribution in [0.2, 0.25) is 0 Å². The van der Waals surface area contributed by atoms with Crippen molar-refractivity contribution in [2.75, 3.05) is 5.32 Å². The monoisotopic (exact) mass is 468 g/mol. The van der Waals surface area contributed by atoms with Crippen LogP contribution in [-0.4, -0.2) is 32.9 Å². The number of esters is 1. The zero-order chi connectivity index (χ0) is 23.5. The Morgan fingerprint density at radius 3 is 2.38 bits per heavy atom. The average molecular weight is 469 g/mol. The van der Waals surface area contributed by atoms with E-state index in [1.807, 2.05) is 66.0 Å². The molecule has 0 saturated carbocycles. The van der Waals surface area contributed by atoms with E-state index in [2.05, 4.69) is 20.3 Å². The first-order chi connectivity index (χ1) is 16.6. The minimum absolute atomic E-state index is 0.330. The van der Waals surface area contributed by atoms with E-state index in [4.69, 9.17) is 4.74 Å². The van der Waals surface area contributed by atoms with Gasteiger partial charge in [0.1, 0.15) is 5.82 Å². The maximum absolute atomic E-state index is 12.7. The van der Waals surface area contributed by atoms with E-state index < -0.39 is 18.0 Å². The number of carbonyl (C=O) groups is 2. The number of nitrogens with zero attached hydrogens (tertiary/aromatic N) is 2. The molecule has 2 heterocycles. The van der Waals surface area contributed by atoms with E-state index in [0.29, 0.717) is 22.0 Å². The fraction of sp³-hybridized carbons (Fsp3) is 0.0769. The number of imidazole rings is 1. The van der Waals surface area contributed by atoms with Gasteiger partial charge in [-0.15, -0.1) is 11.3 Å². The van der Waals surface area contributed by atoms with Crippen LogP contribution in [0.1, 0.15) is 17.3 Å². The van der Waals surface area contributed by atoms with Crippen LogP contribution >= 0.6 is 11.3 Å². The second-order valence-electron chi connectivity index (χ2n) is 7.62. The van der Waals surface area contributed by atoms with Gasteiger partial charge in [-0.25, -0.2) is 14.8 Å². The lowest BCUT2D eigenvalue weighted by Gasteiger charge is -2.12. The summed E-state index contributed by atoms with van der Waals surface area (Å²) in [4.78, 5) is 37.5. The number of H-pyrrole nitrogens is 1. The van der Waals surface area contributed by atoms with Crippen molar-refractivity contribution in [3.8, 4) is 22.6 Å². The van der Waals surface area contributed by atoms with Crippen molar-refractivity contribution >= 4 is 39.4 Å². The van der Waals surface area contributed by atoms with E-state index in [1.165, 1.54) is 18.3 Å². The number of fused-ring (bicyclic) bond motifs is 1. The summed E-state index contributed by atoms with van der Waals surface area (Å²) in [5.41, 5.74) is 4.46. The molecule has 5 aromatic rings. The summed E-state index contributed by atoms with van der Waals surface area (Å²) >= 11 is 1.31. The Kier molecular flexibility index (Phi) is 5.88. The molecule has 5 rings (SSSR count). The molecule has 1 unspecified atom stereocenters. The number of benzene rings is 3. The van der Waals surface area contributed by atoms with Crippen molar-refractivity contribution in [1.82, 2.24) is 15.0 Å². The molecular formula is C26H20N4O3S. The molecule has 8 heteroatoms. The average Bonchev–Trinajstić information content (AvgIpc) is 3.51. The lowest BCUT2D eigenvalue weighted by atomic mass is 10.2. The number of ether oxygens (including phenoxy) is 1. The van der Waals surface area contributed by atoms with Crippen LogP contribution in [0.3, 0.4) is 0 Å². The largest absolute Gasteiger partial charge is 0.449 e. The third-order valence-corrected chi connectivity index (χ3v) is 5.98. The molecule has 0 saturated heterocycles. The number of rotatable bonds is 6. The Balaban J connectivity index is 1.24. The van der Waals surface area contributed by atoms with Crippen molar-refractivity contribution < 1.29 is 14.3 Å². The van der Waals surface area contributed by atoms with Crippen molar-refractivity contribution in [3.05, 3.63) is 89.8 Å². The third-order valence-electron chi connectivity index (χ3n) is 5.22. The molecule has 0 bridgehead atoms. The molecule has 0 radical (unpaired) electrons. The maximum Gasteiger partial charge on any atom is 0.338 e. The predicted molar refractivity (Wildman–Crippen MR) is 133 cm³/mol. The van der Waals surface area contributed by atoms with E-state index >= 15 is 0 Å². The first-order valence-electron chi connectivity index (χ1n) is 10.6. The molecule has 1 amide bonds. The van der Waals surface area contributed by atoms with Crippen molar-refractivity contribution in [3.63, 3.8) is 0 Å². The number of thiazole rings is 1. The van der Waals surface area contributed by atoms with Gasteiger partial charge in [0.05, 0.1) is 22.3 Å². The zero-order valence-corrected chi connectivity index (χ0v) is 19.0. The number of anilines is 1. The fourth-order valence-electron chi connectivity index (χ4n) is 3.43. The predicted octanol–water partition coefficient (Wildman–Crippen LogP) is 5.54. The molecule has 0 fully saturated rings. The summed E-state index contributed by atoms with van der Waals surface area (Å²) < 4.78 is 5.39. The van der Waals surface area contributed by atoms with Crippen molar-refractivity contribution in [2.24, 2.45) is 0 Å². The van der Waals surface area contributed by atoms with Gasteiger partial charge in [-0.05, 0) is 25.1 Å². The number of aromatic nitrogens is 3. The van der Waals surface area contributed by atoms with Crippen LogP contribution in [0, 0.1) is 0 Å². The lowest BCUT2D eigenvalue weighted by molar-refractivity contribution is -0.123. The number of nitrogens with one attached hydrogen (secondary N) is 2. The van der Waals surface area contributed by atoms with Crippen LogP contribution in [0.4, 0.5) is 5.13 Å². The van der Waals surface area contributed by atoms with Gasteiger partial charge in [-0.1, -0.05) is 60.7 Å². The van der Waals surface area contributed by atoms with Gasteiger partial charge in [0.25, 0.3) is 5.91 Å². The first-order valence-corrected chi connectivity index (χ1v) is 11.5. The van der Waals surface area contributed by atoms with Crippen LogP contribution in [0.5, 0.6) is 0 Å². The number of hydrogen-bond acceptors (Lipinski definition) is 6. The van der Waals surface area contributed by atoms with Gasteiger partial charge in [0.2, 0.25) is 0 Å². The summed E-state index contributed by atoms with van der Waals surface area (Å²) in [6.45, 7) is 1.53. The number of carbonyl (C=O) groups excluding carboxylic acids is 2. The Bertz CT molecular complexity index is 1460. The Labute approximate surface area is 199 Å². The van der Waals surface area contributed by atoms with Gasteiger partial charge in [0.15, 0.2) is 11.2 Å². The van der Waals surface area contributed by atoms with Gasteiger partial charge < -0.3 is 9.72 Å². The first kappa shape index (κ1) is 21.5. The molecule has 0 aliphatic rings. The molecular weight excluding hydrogens is 448 g/mol. The molecule has 0 aliphatic carbocycles.